The summed E-state index contributed by atoms with van der Waals surface area (Å²) in [5.74, 6) is -1.63. The fourth-order valence-electron chi connectivity index (χ4n) is 5.39. The first-order valence-electron chi connectivity index (χ1n) is 14.2. The summed E-state index contributed by atoms with van der Waals surface area (Å²) >= 11 is 0. The van der Waals surface area contributed by atoms with Crippen molar-refractivity contribution in [3.8, 4) is 0 Å². The van der Waals surface area contributed by atoms with Gasteiger partial charge in [0, 0.05) is 57.7 Å². The Hall–Kier alpha value is -4.04. The van der Waals surface area contributed by atoms with E-state index >= 15 is 0 Å². The topological polar surface area (TPSA) is 81.2 Å². The molecule has 1 heterocycles. The number of halogens is 1. The summed E-state index contributed by atoms with van der Waals surface area (Å²) < 4.78 is 13.7. The zero-order valence-corrected chi connectivity index (χ0v) is 23.6. The van der Waals surface area contributed by atoms with Crippen molar-refractivity contribution >= 4 is 23.5 Å². The SMILES string of the molecule is Cc1cccc2c1N(C(=O)c1ccc(F)cc1)CCCN(Cc1ccccc1)CCCN(C(=O)CCCC(=O)O)C2. The highest BCUT2D eigenvalue weighted by Crippen LogP contribution is 2.29. The first-order valence-corrected chi connectivity index (χ1v) is 14.2. The molecule has 0 radical (unpaired) electrons. The minimum absolute atomic E-state index is 0.0555. The molecule has 0 aliphatic carbocycles. The van der Waals surface area contributed by atoms with Crippen molar-refractivity contribution in [2.75, 3.05) is 31.1 Å². The number of carbonyl (C=O) groups is 3. The van der Waals surface area contributed by atoms with Crippen molar-refractivity contribution in [3.05, 3.63) is 101 Å². The van der Waals surface area contributed by atoms with Crippen LogP contribution in [0.1, 0.15) is 59.2 Å². The zero-order valence-electron chi connectivity index (χ0n) is 23.6. The normalized spacial score (nSPS) is 15.0. The molecule has 7 nitrogen and oxygen atoms in total. The zero-order chi connectivity index (χ0) is 29.2. The number of amides is 2. The number of hydrogen-bond acceptors (Lipinski definition) is 4. The molecule has 8 heteroatoms. The predicted octanol–water partition coefficient (Wildman–Crippen LogP) is 5.66. The number of benzene rings is 3. The lowest BCUT2D eigenvalue weighted by atomic mass is 10.0. The first-order chi connectivity index (χ1) is 19.8. The van der Waals surface area contributed by atoms with E-state index in [4.69, 9.17) is 5.11 Å². The predicted molar refractivity (Wildman–Crippen MR) is 157 cm³/mol. The van der Waals surface area contributed by atoms with Crippen molar-refractivity contribution in [2.45, 2.75) is 52.1 Å². The molecule has 0 unspecified atom stereocenters. The smallest absolute Gasteiger partial charge is 0.303 e. The van der Waals surface area contributed by atoms with Gasteiger partial charge in [-0.15, -0.1) is 0 Å². The van der Waals surface area contributed by atoms with Crippen LogP contribution in [0.25, 0.3) is 0 Å². The van der Waals surface area contributed by atoms with Gasteiger partial charge in [0.15, 0.2) is 0 Å². The molecule has 2 amide bonds. The Balaban J connectivity index is 1.67. The van der Waals surface area contributed by atoms with E-state index in [9.17, 15) is 18.8 Å². The number of aryl methyl sites for hydroxylation is 1. The van der Waals surface area contributed by atoms with Crippen LogP contribution in [0.15, 0.2) is 72.8 Å². The molecule has 0 saturated heterocycles. The molecule has 0 fully saturated rings. The lowest BCUT2D eigenvalue weighted by molar-refractivity contribution is -0.137. The summed E-state index contributed by atoms with van der Waals surface area (Å²) in [6, 6.07) is 21.6. The summed E-state index contributed by atoms with van der Waals surface area (Å²) in [6.45, 7) is 5.55. The van der Waals surface area contributed by atoms with Gasteiger partial charge in [-0.3, -0.25) is 19.3 Å². The maximum atomic E-state index is 13.9. The number of hydrogen-bond donors (Lipinski definition) is 1. The highest BCUT2D eigenvalue weighted by Gasteiger charge is 2.25. The molecular weight excluding hydrogens is 521 g/mol. The molecule has 0 saturated carbocycles. The quantitative estimate of drug-likeness (QED) is 0.404. The largest absolute Gasteiger partial charge is 0.481 e. The Kier molecular flexibility index (Phi) is 10.6. The second-order valence-electron chi connectivity index (χ2n) is 10.6. The number of rotatable bonds is 7. The van der Waals surface area contributed by atoms with Gasteiger partial charge in [0.2, 0.25) is 5.91 Å². The third kappa shape index (κ3) is 8.47. The molecule has 3 aromatic rings. The molecule has 1 aliphatic rings. The highest BCUT2D eigenvalue weighted by molar-refractivity contribution is 6.07. The summed E-state index contributed by atoms with van der Waals surface area (Å²) in [4.78, 5) is 44.2. The average molecular weight is 560 g/mol. The van der Waals surface area contributed by atoms with Gasteiger partial charge in [0.25, 0.3) is 5.91 Å². The summed E-state index contributed by atoms with van der Waals surface area (Å²) in [6.07, 6.45) is 1.89. The van der Waals surface area contributed by atoms with E-state index < -0.39 is 11.8 Å². The fraction of sp³-hybridized carbons (Fsp3) is 0.364. The van der Waals surface area contributed by atoms with E-state index in [1.165, 1.54) is 29.8 Å². The highest BCUT2D eigenvalue weighted by atomic mass is 19.1. The van der Waals surface area contributed by atoms with Gasteiger partial charge in [-0.2, -0.15) is 0 Å². The molecule has 0 aromatic heterocycles. The number of fused-ring (bicyclic) bond motifs is 1. The van der Waals surface area contributed by atoms with E-state index in [0.29, 0.717) is 25.2 Å². The van der Waals surface area contributed by atoms with E-state index in [0.717, 1.165) is 49.3 Å². The number of nitrogens with zero attached hydrogens (tertiary/aromatic N) is 3. The second-order valence-corrected chi connectivity index (χ2v) is 10.6. The van der Waals surface area contributed by atoms with E-state index in [2.05, 4.69) is 17.0 Å². The molecule has 1 N–H and O–H groups in total. The van der Waals surface area contributed by atoms with Crippen molar-refractivity contribution < 1.29 is 23.9 Å². The van der Waals surface area contributed by atoms with Crippen LogP contribution in [-0.2, 0) is 22.7 Å². The summed E-state index contributed by atoms with van der Waals surface area (Å²) in [5, 5.41) is 9.06. The molecule has 0 bridgehead atoms. The van der Waals surface area contributed by atoms with Crippen LogP contribution in [-0.4, -0.2) is 58.9 Å². The van der Waals surface area contributed by atoms with E-state index in [1.54, 1.807) is 9.80 Å². The van der Waals surface area contributed by atoms with Crippen LogP contribution in [0.5, 0.6) is 0 Å². The van der Waals surface area contributed by atoms with Crippen molar-refractivity contribution in [1.29, 1.82) is 0 Å². The van der Waals surface area contributed by atoms with Crippen molar-refractivity contribution in [3.63, 3.8) is 0 Å². The molecule has 41 heavy (non-hydrogen) atoms. The Morgan fingerprint density at radius 1 is 0.829 bits per heavy atom. The van der Waals surface area contributed by atoms with Crippen LogP contribution >= 0.6 is 0 Å². The maximum absolute atomic E-state index is 13.9. The van der Waals surface area contributed by atoms with Crippen molar-refractivity contribution in [2.24, 2.45) is 0 Å². The first kappa shape index (κ1) is 29.9. The minimum Gasteiger partial charge on any atom is -0.481 e. The second kappa shape index (κ2) is 14.6. The van der Waals surface area contributed by atoms with Crippen LogP contribution in [0.4, 0.5) is 10.1 Å². The lowest BCUT2D eigenvalue weighted by Gasteiger charge is -2.32. The van der Waals surface area contributed by atoms with Crippen LogP contribution in [0.3, 0.4) is 0 Å². The van der Waals surface area contributed by atoms with Crippen LogP contribution in [0, 0.1) is 12.7 Å². The van der Waals surface area contributed by atoms with Gasteiger partial charge in [-0.25, -0.2) is 4.39 Å². The van der Waals surface area contributed by atoms with Crippen molar-refractivity contribution in [1.82, 2.24) is 9.80 Å². The number of aliphatic carboxylic acids is 1. The standard InChI is InChI=1S/C33H38FN3O4/c1-25-9-5-12-28-24-36(30(38)13-6-14-31(39)40)21-7-19-35(23-26-10-3-2-4-11-26)20-8-22-37(32(25)28)33(41)27-15-17-29(34)18-16-27/h2-5,9-12,15-18H,6-8,13-14,19-24H2,1H3,(H,39,40). The molecule has 1 aliphatic heterocycles. The molecule has 216 valence electrons. The lowest BCUT2D eigenvalue weighted by Crippen LogP contribution is -2.39. The van der Waals surface area contributed by atoms with Gasteiger partial charge in [-0.05, 0) is 67.1 Å². The van der Waals surface area contributed by atoms with Gasteiger partial charge in [-0.1, -0.05) is 48.5 Å². The van der Waals surface area contributed by atoms with E-state index in [-0.39, 0.29) is 31.1 Å². The monoisotopic (exact) mass is 559 g/mol. The fourth-order valence-corrected chi connectivity index (χ4v) is 5.39. The Morgan fingerprint density at radius 3 is 2.24 bits per heavy atom. The molecular formula is C33H38FN3O4. The molecule has 0 spiro atoms. The minimum atomic E-state index is -0.918. The van der Waals surface area contributed by atoms with Gasteiger partial charge in [0.05, 0.1) is 5.69 Å². The summed E-state index contributed by atoms with van der Waals surface area (Å²) in [5.41, 5.74) is 4.13. The number of carboxylic acids is 1. The number of anilines is 1. The molecule has 4 rings (SSSR count). The van der Waals surface area contributed by atoms with Gasteiger partial charge < -0.3 is 14.9 Å². The summed E-state index contributed by atoms with van der Waals surface area (Å²) in [7, 11) is 0. The number of carboxylic acid groups (broad SMARTS) is 1. The maximum Gasteiger partial charge on any atom is 0.303 e. The van der Waals surface area contributed by atoms with Gasteiger partial charge >= 0.3 is 5.97 Å². The molecule has 0 atom stereocenters. The Morgan fingerprint density at radius 2 is 1.54 bits per heavy atom. The van der Waals surface area contributed by atoms with Gasteiger partial charge in [0.1, 0.15) is 5.82 Å². The number of para-hydroxylation sites is 1. The number of carbonyl (C=O) groups excluding carboxylic acids is 2. The third-order valence-corrected chi connectivity index (χ3v) is 7.43. The average Bonchev–Trinajstić information content (AvgIpc) is 2.95. The molecule has 3 aromatic carbocycles. The van der Waals surface area contributed by atoms with Crippen LogP contribution < -0.4 is 4.90 Å². The third-order valence-electron chi connectivity index (χ3n) is 7.43. The Bertz CT molecular complexity index is 1330. The van der Waals surface area contributed by atoms with Crippen LogP contribution in [0.2, 0.25) is 0 Å². The Labute approximate surface area is 241 Å². The van der Waals surface area contributed by atoms with E-state index in [1.807, 2.05) is 43.3 Å².